The van der Waals surface area contributed by atoms with E-state index in [1.165, 1.54) is 42.8 Å². The number of rotatable bonds is 8. The Labute approximate surface area is 164 Å². The number of hydrogen-bond acceptors (Lipinski definition) is 5. The molecule has 0 atom stereocenters. The van der Waals surface area contributed by atoms with Crippen molar-refractivity contribution in [2.45, 2.75) is 60.3 Å². The molecule has 0 aromatic carbocycles. The van der Waals surface area contributed by atoms with Crippen molar-refractivity contribution in [1.29, 1.82) is 0 Å². The Morgan fingerprint density at radius 1 is 0.960 bits per heavy atom. The molecule has 0 bridgehead atoms. The number of amides is 1. The van der Waals surface area contributed by atoms with Crippen LogP contribution < -0.4 is 5.32 Å². The smallest absolute Gasteiger partial charge is 0.216 e. The van der Waals surface area contributed by atoms with E-state index in [9.17, 15) is 9.59 Å². The van der Waals surface area contributed by atoms with E-state index < -0.39 is 0 Å². The molecule has 150 valence electrons. The molecule has 0 aromatic heterocycles. The van der Waals surface area contributed by atoms with Gasteiger partial charge in [0.15, 0.2) is 0 Å². The molecule has 0 spiro atoms. The quantitative estimate of drug-likeness (QED) is 0.661. The number of hydrogen-bond donors (Lipinski definition) is 1. The summed E-state index contributed by atoms with van der Waals surface area (Å²) in [5, 5.41) is 2.39. The highest BCUT2D eigenvalue weighted by molar-refractivity contribution is 8.00. The third-order valence-electron chi connectivity index (χ3n) is 3.92. The Hall–Kier alpha value is -0.200. The number of thioether (sulfide) groups is 2. The molecule has 1 N–H and O–H groups in total. The summed E-state index contributed by atoms with van der Waals surface area (Å²) in [6, 6.07) is 0. The number of Topliss-reactive ketones (excluding diaryl/α,β-unsaturated/α-hetero) is 1. The first-order valence-corrected chi connectivity index (χ1v) is 11.6. The summed E-state index contributed by atoms with van der Waals surface area (Å²) >= 11 is 4.19. The lowest BCUT2D eigenvalue weighted by atomic mass is 9.84. The first-order chi connectivity index (χ1) is 11.9. The lowest BCUT2D eigenvalue weighted by Crippen LogP contribution is -2.34. The average Bonchev–Trinajstić information content (AvgIpc) is 2.65. The normalized spacial score (nSPS) is 15.1. The Bertz CT molecular complexity index is 317. The predicted molar refractivity (Wildman–Crippen MR) is 114 cm³/mol. The van der Waals surface area contributed by atoms with Gasteiger partial charge in [-0.1, -0.05) is 27.7 Å². The monoisotopic (exact) mass is 393 g/mol. The van der Waals surface area contributed by atoms with Gasteiger partial charge in [-0.15, -0.1) is 0 Å². The van der Waals surface area contributed by atoms with Gasteiger partial charge < -0.3 is 10.1 Å². The third kappa shape index (κ3) is 17.0. The molecule has 0 radical (unpaired) electrons. The third-order valence-corrected chi connectivity index (χ3v) is 6.37. The highest BCUT2D eigenvalue weighted by atomic mass is 32.2. The topological polar surface area (TPSA) is 55.4 Å². The predicted octanol–water partition coefficient (Wildman–Crippen LogP) is 4.42. The molecule has 1 fully saturated rings. The Kier molecular flexibility index (Phi) is 20.1. The fraction of sp³-hybridized carbons (Fsp3) is 0.895. The van der Waals surface area contributed by atoms with Crippen LogP contribution in [0.4, 0.5) is 0 Å². The van der Waals surface area contributed by atoms with Crippen LogP contribution in [0.25, 0.3) is 0 Å². The van der Waals surface area contributed by atoms with Gasteiger partial charge in [-0.25, -0.2) is 0 Å². The van der Waals surface area contributed by atoms with Gasteiger partial charge >= 0.3 is 0 Å². The number of carbonyl (C=O) groups excluding carboxylic acids is 2. The summed E-state index contributed by atoms with van der Waals surface area (Å²) in [6.45, 7) is 11.7. The summed E-state index contributed by atoms with van der Waals surface area (Å²) in [5.74, 6) is 5.51. The largest absolute Gasteiger partial charge is 0.381 e. The van der Waals surface area contributed by atoms with Gasteiger partial charge in [0.2, 0.25) is 5.91 Å². The zero-order valence-electron chi connectivity index (χ0n) is 17.1. The highest BCUT2D eigenvalue weighted by Gasteiger charge is 2.31. The van der Waals surface area contributed by atoms with Crippen LogP contribution in [-0.2, 0) is 14.3 Å². The molecule has 0 saturated carbocycles. The fourth-order valence-electron chi connectivity index (χ4n) is 2.02. The van der Waals surface area contributed by atoms with Crippen LogP contribution >= 0.6 is 23.5 Å². The Morgan fingerprint density at radius 2 is 1.36 bits per heavy atom. The molecule has 1 aliphatic rings. The Morgan fingerprint density at radius 3 is 1.60 bits per heavy atom. The van der Waals surface area contributed by atoms with E-state index in [0.29, 0.717) is 24.0 Å². The van der Waals surface area contributed by atoms with Crippen LogP contribution in [0.3, 0.4) is 0 Å². The van der Waals surface area contributed by atoms with Gasteiger partial charge in [0.05, 0.1) is 0 Å². The molecule has 1 aliphatic heterocycles. The van der Waals surface area contributed by atoms with E-state index in [2.05, 4.69) is 42.7 Å². The van der Waals surface area contributed by atoms with Crippen molar-refractivity contribution in [2.75, 3.05) is 43.3 Å². The van der Waals surface area contributed by atoms with E-state index in [-0.39, 0.29) is 5.91 Å². The highest BCUT2D eigenvalue weighted by Crippen LogP contribution is 2.37. The standard InChI is InChI=1S/C11H22OS2.C5H10O.C3H7NO/c1-3-13-9-11(10-14-4-2)5-7-12-8-6-11;1-3-5(6)4-2;1-3(5)4-2/h3-10H2,1-2H3;3-4H2,1-2H3;1-2H3,(H,4,5). The lowest BCUT2D eigenvalue weighted by Gasteiger charge is -2.36. The molecule has 0 aliphatic carbocycles. The second-order valence-electron chi connectivity index (χ2n) is 5.94. The summed E-state index contributed by atoms with van der Waals surface area (Å²) in [7, 11) is 1.60. The molecule has 1 heterocycles. The van der Waals surface area contributed by atoms with Crippen LogP contribution in [0, 0.1) is 5.41 Å². The van der Waals surface area contributed by atoms with Gasteiger partial charge in [0.25, 0.3) is 0 Å². The zero-order valence-corrected chi connectivity index (χ0v) is 18.7. The van der Waals surface area contributed by atoms with Gasteiger partial charge in [-0.05, 0) is 41.3 Å². The molecule has 25 heavy (non-hydrogen) atoms. The van der Waals surface area contributed by atoms with E-state index in [1.807, 2.05) is 13.8 Å². The van der Waals surface area contributed by atoms with Crippen molar-refractivity contribution < 1.29 is 14.3 Å². The molecule has 0 aromatic rings. The van der Waals surface area contributed by atoms with Crippen LogP contribution in [0.2, 0.25) is 0 Å². The van der Waals surface area contributed by atoms with E-state index in [0.717, 1.165) is 13.2 Å². The number of ketones is 1. The molecule has 1 rings (SSSR count). The van der Waals surface area contributed by atoms with Crippen molar-refractivity contribution in [3.05, 3.63) is 0 Å². The summed E-state index contributed by atoms with van der Waals surface area (Å²) < 4.78 is 5.47. The minimum Gasteiger partial charge on any atom is -0.381 e. The van der Waals surface area contributed by atoms with E-state index in [1.54, 1.807) is 7.05 Å². The van der Waals surface area contributed by atoms with Crippen molar-refractivity contribution in [3.8, 4) is 0 Å². The second-order valence-corrected chi connectivity index (χ2v) is 8.49. The molecular weight excluding hydrogens is 354 g/mol. The average molecular weight is 394 g/mol. The minimum absolute atomic E-state index is 0.00463. The molecule has 0 unspecified atom stereocenters. The molecular formula is C19H39NO3S2. The second kappa shape index (κ2) is 18.6. The number of ether oxygens (including phenoxy) is 1. The maximum Gasteiger partial charge on any atom is 0.216 e. The molecule has 4 nitrogen and oxygen atoms in total. The van der Waals surface area contributed by atoms with Crippen molar-refractivity contribution >= 4 is 35.2 Å². The Balaban J connectivity index is 0. The van der Waals surface area contributed by atoms with Gasteiger partial charge in [0, 0.05) is 40.0 Å². The van der Waals surface area contributed by atoms with Crippen LogP contribution in [-0.4, -0.2) is 55.0 Å². The SMILES string of the molecule is CCC(=O)CC.CCSCC1(CSCC)CCOCC1.CNC(C)=O. The molecule has 1 saturated heterocycles. The van der Waals surface area contributed by atoms with Crippen LogP contribution in [0.5, 0.6) is 0 Å². The first kappa shape index (κ1) is 27.0. The van der Waals surface area contributed by atoms with Crippen LogP contribution in [0.15, 0.2) is 0 Å². The minimum atomic E-state index is 0.00463. The first-order valence-electron chi connectivity index (χ1n) is 9.34. The molecule has 6 heteroatoms. The zero-order chi connectivity index (χ0) is 19.6. The summed E-state index contributed by atoms with van der Waals surface area (Å²) in [5.41, 5.74) is 0.583. The van der Waals surface area contributed by atoms with Crippen LogP contribution in [0.1, 0.15) is 60.3 Å². The van der Waals surface area contributed by atoms with E-state index in [4.69, 9.17) is 4.74 Å². The summed E-state index contributed by atoms with van der Waals surface area (Å²) in [6.07, 6.45) is 3.92. The number of nitrogens with one attached hydrogen (secondary N) is 1. The van der Waals surface area contributed by atoms with Gasteiger partial charge in [-0.2, -0.15) is 23.5 Å². The molecule has 1 amide bonds. The van der Waals surface area contributed by atoms with Gasteiger partial charge in [0.1, 0.15) is 5.78 Å². The maximum absolute atomic E-state index is 10.2. The van der Waals surface area contributed by atoms with E-state index >= 15 is 0 Å². The maximum atomic E-state index is 10.2. The lowest BCUT2D eigenvalue weighted by molar-refractivity contribution is -0.119. The number of carbonyl (C=O) groups is 2. The van der Waals surface area contributed by atoms with Crippen molar-refractivity contribution in [3.63, 3.8) is 0 Å². The summed E-state index contributed by atoms with van der Waals surface area (Å²) in [4.78, 5) is 19.9. The van der Waals surface area contributed by atoms with Crippen molar-refractivity contribution in [2.24, 2.45) is 5.41 Å². The van der Waals surface area contributed by atoms with Crippen molar-refractivity contribution in [1.82, 2.24) is 5.32 Å². The fourth-order valence-corrected chi connectivity index (χ4v) is 4.21. The van der Waals surface area contributed by atoms with Gasteiger partial charge in [-0.3, -0.25) is 9.59 Å².